The molecule has 0 aliphatic carbocycles. The van der Waals surface area contributed by atoms with Crippen molar-refractivity contribution in [3.63, 3.8) is 0 Å². The summed E-state index contributed by atoms with van der Waals surface area (Å²) in [5.74, 6) is 5.51. The number of carbonyl (C=O) groups is 1. The molecule has 1 aromatic carbocycles. The number of thioether (sulfide) groups is 1. The van der Waals surface area contributed by atoms with Crippen LogP contribution in [-0.4, -0.2) is 10.9 Å². The lowest BCUT2D eigenvalue weighted by Crippen LogP contribution is -2.04. The monoisotopic (exact) mass is 258 g/mol. The Morgan fingerprint density at radius 1 is 1.41 bits per heavy atom. The van der Waals surface area contributed by atoms with Crippen LogP contribution in [0, 0.1) is 11.8 Å². The third-order valence-corrected chi connectivity index (χ3v) is 2.47. The van der Waals surface area contributed by atoms with Crippen LogP contribution >= 0.6 is 11.8 Å². The van der Waals surface area contributed by atoms with Crippen molar-refractivity contribution in [3.8, 4) is 11.8 Å². The third-order valence-electron chi connectivity index (χ3n) is 1.77. The molecule has 0 saturated carbocycles. The molecule has 1 rings (SSSR count). The van der Waals surface area contributed by atoms with Gasteiger partial charge in [-0.1, -0.05) is 29.7 Å². The second-order valence-corrected chi connectivity index (χ2v) is 4.31. The normalized spacial score (nSPS) is 10.6. The molecule has 17 heavy (non-hydrogen) atoms. The SMILES string of the molecule is CC(=O)SCC#Cc1cccc(C(F)(F)F)c1. The van der Waals surface area contributed by atoms with E-state index in [-0.39, 0.29) is 10.9 Å². The maximum Gasteiger partial charge on any atom is 0.416 e. The highest BCUT2D eigenvalue weighted by Gasteiger charge is 2.30. The molecule has 0 saturated heterocycles. The first-order valence-electron chi connectivity index (χ1n) is 4.69. The Labute approximate surface area is 101 Å². The maximum absolute atomic E-state index is 12.4. The zero-order chi connectivity index (χ0) is 12.9. The van der Waals surface area contributed by atoms with Gasteiger partial charge in [-0.05, 0) is 18.2 Å². The summed E-state index contributed by atoms with van der Waals surface area (Å²) in [5.41, 5.74) is -0.424. The quantitative estimate of drug-likeness (QED) is 0.719. The highest BCUT2D eigenvalue weighted by molar-refractivity contribution is 8.13. The molecule has 90 valence electrons. The first kappa shape index (κ1) is 13.7. The number of benzene rings is 1. The highest BCUT2D eigenvalue weighted by Crippen LogP contribution is 2.29. The Bertz CT molecular complexity index is 469. The van der Waals surface area contributed by atoms with Gasteiger partial charge in [0.2, 0.25) is 0 Å². The Morgan fingerprint density at radius 3 is 2.71 bits per heavy atom. The van der Waals surface area contributed by atoms with Gasteiger partial charge in [-0.15, -0.1) is 0 Å². The minimum atomic E-state index is -4.36. The predicted molar refractivity (Wildman–Crippen MR) is 61.5 cm³/mol. The summed E-state index contributed by atoms with van der Waals surface area (Å²) in [6.45, 7) is 1.41. The summed E-state index contributed by atoms with van der Waals surface area (Å²) in [4.78, 5) is 10.6. The van der Waals surface area contributed by atoms with Crippen molar-refractivity contribution in [3.05, 3.63) is 35.4 Å². The lowest BCUT2D eigenvalue weighted by atomic mass is 10.1. The number of carbonyl (C=O) groups excluding carboxylic acids is 1. The molecule has 0 unspecified atom stereocenters. The van der Waals surface area contributed by atoms with E-state index >= 15 is 0 Å². The van der Waals surface area contributed by atoms with Crippen LogP contribution in [0.5, 0.6) is 0 Å². The van der Waals surface area contributed by atoms with Crippen molar-refractivity contribution in [2.75, 3.05) is 5.75 Å². The van der Waals surface area contributed by atoms with Crippen LogP contribution in [0.2, 0.25) is 0 Å². The van der Waals surface area contributed by atoms with E-state index in [1.165, 1.54) is 19.1 Å². The molecule has 5 heteroatoms. The molecule has 0 atom stereocenters. The number of alkyl halides is 3. The molecule has 0 aromatic heterocycles. The number of halogens is 3. The summed E-state index contributed by atoms with van der Waals surface area (Å²) in [6, 6.07) is 4.80. The smallest absolute Gasteiger partial charge is 0.288 e. The van der Waals surface area contributed by atoms with Gasteiger partial charge in [0.1, 0.15) is 0 Å². The number of rotatable bonds is 1. The minimum Gasteiger partial charge on any atom is -0.288 e. The lowest BCUT2D eigenvalue weighted by Gasteiger charge is -2.05. The van der Waals surface area contributed by atoms with Crippen LogP contribution in [0.25, 0.3) is 0 Å². The van der Waals surface area contributed by atoms with E-state index in [0.717, 1.165) is 23.9 Å². The van der Waals surface area contributed by atoms with Gasteiger partial charge < -0.3 is 0 Å². The van der Waals surface area contributed by atoms with Crippen molar-refractivity contribution in [1.29, 1.82) is 0 Å². The summed E-state index contributed by atoms with van der Waals surface area (Å²) in [6.07, 6.45) is -4.36. The molecule has 0 amide bonds. The van der Waals surface area contributed by atoms with E-state index in [9.17, 15) is 18.0 Å². The van der Waals surface area contributed by atoms with Crippen molar-refractivity contribution in [1.82, 2.24) is 0 Å². The molecule has 0 aliphatic heterocycles. The fourth-order valence-electron chi connectivity index (χ4n) is 1.05. The average Bonchev–Trinajstić information content (AvgIpc) is 2.23. The number of hydrogen-bond acceptors (Lipinski definition) is 2. The molecule has 0 heterocycles. The van der Waals surface area contributed by atoms with Crippen LogP contribution in [0.3, 0.4) is 0 Å². The predicted octanol–water partition coefficient (Wildman–Crippen LogP) is 3.34. The molecule has 0 N–H and O–H groups in total. The lowest BCUT2D eigenvalue weighted by molar-refractivity contribution is -0.137. The zero-order valence-electron chi connectivity index (χ0n) is 8.97. The molecule has 1 nitrogen and oxygen atoms in total. The Morgan fingerprint density at radius 2 is 2.12 bits per heavy atom. The summed E-state index contributed by atoms with van der Waals surface area (Å²) in [5, 5.41) is -0.0663. The van der Waals surface area contributed by atoms with Gasteiger partial charge >= 0.3 is 6.18 Å². The summed E-state index contributed by atoms with van der Waals surface area (Å²) >= 11 is 1.03. The maximum atomic E-state index is 12.4. The second kappa shape index (κ2) is 5.78. The Kier molecular flexibility index (Phi) is 4.64. The van der Waals surface area contributed by atoms with E-state index in [2.05, 4.69) is 11.8 Å². The van der Waals surface area contributed by atoms with Gasteiger partial charge in [0.05, 0.1) is 11.3 Å². The fourth-order valence-corrected chi connectivity index (χ4v) is 1.40. The average molecular weight is 258 g/mol. The van der Waals surface area contributed by atoms with Crippen molar-refractivity contribution in [2.24, 2.45) is 0 Å². The topological polar surface area (TPSA) is 17.1 Å². The van der Waals surface area contributed by atoms with E-state index in [1.54, 1.807) is 0 Å². The van der Waals surface area contributed by atoms with Crippen molar-refractivity contribution >= 4 is 16.9 Å². The van der Waals surface area contributed by atoms with Crippen LogP contribution in [-0.2, 0) is 11.0 Å². The molecule has 0 fully saturated rings. The van der Waals surface area contributed by atoms with Gasteiger partial charge in [-0.2, -0.15) is 13.2 Å². The highest BCUT2D eigenvalue weighted by atomic mass is 32.2. The van der Waals surface area contributed by atoms with Crippen LogP contribution < -0.4 is 0 Å². The summed E-state index contributed by atoms with van der Waals surface area (Å²) < 4.78 is 37.1. The second-order valence-electron chi connectivity index (χ2n) is 3.16. The van der Waals surface area contributed by atoms with E-state index in [0.29, 0.717) is 5.56 Å². The zero-order valence-corrected chi connectivity index (χ0v) is 9.78. The number of hydrogen-bond donors (Lipinski definition) is 0. The minimum absolute atomic E-state index is 0.0663. The fraction of sp³-hybridized carbons (Fsp3) is 0.250. The van der Waals surface area contributed by atoms with Crippen molar-refractivity contribution < 1.29 is 18.0 Å². The van der Waals surface area contributed by atoms with Gasteiger partial charge in [0.25, 0.3) is 0 Å². The van der Waals surface area contributed by atoms with Gasteiger partial charge in [0.15, 0.2) is 5.12 Å². The standard InChI is InChI=1S/C12H9F3OS/c1-9(16)17-7-3-5-10-4-2-6-11(8-10)12(13,14)15/h2,4,6,8H,7H2,1H3. The first-order chi connectivity index (χ1) is 7.89. The summed E-state index contributed by atoms with van der Waals surface area (Å²) in [7, 11) is 0. The first-order valence-corrected chi connectivity index (χ1v) is 5.67. The van der Waals surface area contributed by atoms with Crippen LogP contribution in [0.1, 0.15) is 18.1 Å². The largest absolute Gasteiger partial charge is 0.416 e. The molecule has 0 radical (unpaired) electrons. The van der Waals surface area contributed by atoms with Crippen LogP contribution in [0.15, 0.2) is 24.3 Å². The molecule has 0 spiro atoms. The Balaban J connectivity index is 2.76. The van der Waals surface area contributed by atoms with E-state index < -0.39 is 11.7 Å². The van der Waals surface area contributed by atoms with Gasteiger partial charge in [-0.3, -0.25) is 4.79 Å². The van der Waals surface area contributed by atoms with Gasteiger partial charge in [-0.25, -0.2) is 0 Å². The van der Waals surface area contributed by atoms with Gasteiger partial charge in [0, 0.05) is 12.5 Å². The molecular weight excluding hydrogens is 249 g/mol. The molecule has 1 aromatic rings. The molecule has 0 aliphatic rings. The molecule has 0 bridgehead atoms. The Hall–Kier alpha value is -1.41. The van der Waals surface area contributed by atoms with Crippen molar-refractivity contribution in [2.45, 2.75) is 13.1 Å². The molecular formula is C12H9F3OS. The third kappa shape index (κ3) is 4.96. The van der Waals surface area contributed by atoms with E-state index in [1.807, 2.05) is 0 Å². The van der Waals surface area contributed by atoms with Crippen LogP contribution in [0.4, 0.5) is 13.2 Å². The van der Waals surface area contributed by atoms with E-state index in [4.69, 9.17) is 0 Å².